The zero-order chi connectivity index (χ0) is 13.2. The summed E-state index contributed by atoms with van der Waals surface area (Å²) < 4.78 is 0. The number of aliphatic carboxylic acids is 1. The van der Waals surface area contributed by atoms with E-state index >= 15 is 0 Å². The summed E-state index contributed by atoms with van der Waals surface area (Å²) >= 11 is 7.04. The van der Waals surface area contributed by atoms with Gasteiger partial charge in [-0.2, -0.15) is 5.26 Å². The van der Waals surface area contributed by atoms with Crippen LogP contribution in [0.15, 0.2) is 5.03 Å². The summed E-state index contributed by atoms with van der Waals surface area (Å²) in [5.74, 6) is -0.939. The predicted molar refractivity (Wildman–Crippen MR) is 66.4 cm³/mol. The maximum atomic E-state index is 10.8. The molecule has 1 aromatic rings. The first kappa shape index (κ1) is 13.8. The summed E-state index contributed by atoms with van der Waals surface area (Å²) in [6.07, 6.45) is 0. The third kappa shape index (κ3) is 2.90. The quantitative estimate of drug-likeness (QED) is 0.855. The van der Waals surface area contributed by atoms with E-state index in [9.17, 15) is 4.79 Å². The van der Waals surface area contributed by atoms with Crippen molar-refractivity contribution in [2.45, 2.75) is 31.0 Å². The molecule has 1 atom stereocenters. The lowest BCUT2D eigenvalue weighted by Gasteiger charge is -2.11. The van der Waals surface area contributed by atoms with Gasteiger partial charge in [-0.15, -0.1) is 0 Å². The maximum absolute atomic E-state index is 10.8. The van der Waals surface area contributed by atoms with Gasteiger partial charge < -0.3 is 5.11 Å². The molecule has 0 amide bonds. The molecular formula is C11H11ClN2O2S. The molecule has 1 rings (SSSR count). The molecule has 1 N–H and O–H groups in total. The number of hydrogen-bond acceptors (Lipinski definition) is 4. The summed E-state index contributed by atoms with van der Waals surface area (Å²) in [5.41, 5.74) is 1.59. The van der Waals surface area contributed by atoms with Crippen molar-refractivity contribution in [3.63, 3.8) is 0 Å². The summed E-state index contributed by atoms with van der Waals surface area (Å²) in [5, 5.41) is 18.1. The fourth-order valence-electron chi connectivity index (χ4n) is 1.23. The van der Waals surface area contributed by atoms with E-state index in [0.29, 0.717) is 26.9 Å². The minimum absolute atomic E-state index is 0.346. The second-order valence-electron chi connectivity index (χ2n) is 3.53. The summed E-state index contributed by atoms with van der Waals surface area (Å²) in [7, 11) is 0. The maximum Gasteiger partial charge on any atom is 0.316 e. The number of aryl methyl sites for hydroxylation is 1. The number of carboxylic acid groups (broad SMARTS) is 1. The summed E-state index contributed by atoms with van der Waals surface area (Å²) in [6.45, 7) is 5.01. The molecule has 0 fully saturated rings. The fourth-order valence-corrected chi connectivity index (χ4v) is 2.31. The van der Waals surface area contributed by atoms with Crippen LogP contribution in [0.4, 0.5) is 0 Å². The van der Waals surface area contributed by atoms with Crippen molar-refractivity contribution in [1.29, 1.82) is 5.26 Å². The van der Waals surface area contributed by atoms with Crippen molar-refractivity contribution in [3.8, 4) is 6.07 Å². The van der Waals surface area contributed by atoms with Crippen molar-refractivity contribution in [1.82, 2.24) is 4.98 Å². The van der Waals surface area contributed by atoms with Crippen LogP contribution in [0.1, 0.15) is 23.7 Å². The van der Waals surface area contributed by atoms with Crippen LogP contribution in [0.25, 0.3) is 0 Å². The highest BCUT2D eigenvalue weighted by Gasteiger charge is 2.19. The first-order valence-electron chi connectivity index (χ1n) is 4.84. The molecule has 0 aliphatic rings. The van der Waals surface area contributed by atoms with E-state index in [1.54, 1.807) is 20.8 Å². The highest BCUT2D eigenvalue weighted by atomic mass is 35.5. The number of carbonyl (C=O) groups is 1. The number of pyridine rings is 1. The standard InChI is InChI=1S/C11H11ClN2O2S/c1-5-8(4-13)10(14-6(2)9(5)12)17-7(3)11(15)16/h7H,1-3H3,(H,15,16)/t7-/m1/s1. The molecule has 90 valence electrons. The number of aromatic nitrogens is 1. The zero-order valence-corrected chi connectivity index (χ0v) is 11.2. The van der Waals surface area contributed by atoms with Crippen LogP contribution in [-0.4, -0.2) is 21.3 Å². The Bertz CT molecular complexity index is 511. The molecule has 17 heavy (non-hydrogen) atoms. The average Bonchev–Trinajstić information content (AvgIpc) is 2.26. The lowest BCUT2D eigenvalue weighted by molar-refractivity contribution is -0.136. The van der Waals surface area contributed by atoms with Gasteiger partial charge in [0.25, 0.3) is 0 Å². The molecule has 0 spiro atoms. The second-order valence-corrected chi connectivity index (χ2v) is 5.23. The molecule has 0 radical (unpaired) electrons. The van der Waals surface area contributed by atoms with Crippen molar-refractivity contribution in [2.24, 2.45) is 0 Å². The Morgan fingerprint density at radius 2 is 2.18 bits per heavy atom. The number of rotatable bonds is 3. The van der Waals surface area contributed by atoms with Gasteiger partial charge >= 0.3 is 5.97 Å². The Morgan fingerprint density at radius 3 is 2.65 bits per heavy atom. The molecule has 0 aliphatic carbocycles. The Hall–Kier alpha value is -1.25. The summed E-state index contributed by atoms with van der Waals surface area (Å²) in [4.78, 5) is 15.0. The number of nitrogens with zero attached hydrogens (tertiary/aromatic N) is 2. The Kier molecular flexibility index (Phi) is 4.38. The number of thioether (sulfide) groups is 1. The molecule has 1 aromatic heterocycles. The van der Waals surface area contributed by atoms with Crippen LogP contribution in [-0.2, 0) is 4.79 Å². The second kappa shape index (κ2) is 5.39. The monoisotopic (exact) mass is 270 g/mol. The Balaban J connectivity index is 3.25. The average molecular weight is 271 g/mol. The van der Waals surface area contributed by atoms with Gasteiger partial charge in [-0.25, -0.2) is 4.98 Å². The van der Waals surface area contributed by atoms with Gasteiger partial charge in [-0.1, -0.05) is 23.4 Å². The van der Waals surface area contributed by atoms with E-state index in [2.05, 4.69) is 4.98 Å². The van der Waals surface area contributed by atoms with Crippen LogP contribution in [0.2, 0.25) is 5.02 Å². The minimum atomic E-state index is -0.939. The van der Waals surface area contributed by atoms with Gasteiger partial charge in [0.15, 0.2) is 0 Å². The van der Waals surface area contributed by atoms with E-state index < -0.39 is 11.2 Å². The van der Waals surface area contributed by atoms with Gasteiger partial charge in [0, 0.05) is 0 Å². The number of carboxylic acids is 1. The number of nitriles is 1. The minimum Gasteiger partial charge on any atom is -0.480 e. The molecule has 1 heterocycles. The molecule has 6 heteroatoms. The first-order chi connectivity index (χ1) is 7.88. The van der Waals surface area contributed by atoms with E-state index in [1.807, 2.05) is 6.07 Å². The number of hydrogen-bond donors (Lipinski definition) is 1. The third-order valence-corrected chi connectivity index (χ3v) is 3.88. The van der Waals surface area contributed by atoms with Gasteiger partial charge in [0.1, 0.15) is 16.3 Å². The topological polar surface area (TPSA) is 74.0 Å². The van der Waals surface area contributed by atoms with Gasteiger partial charge in [-0.3, -0.25) is 4.79 Å². The normalized spacial score (nSPS) is 11.9. The molecule has 0 unspecified atom stereocenters. The molecule has 0 saturated carbocycles. The van der Waals surface area contributed by atoms with E-state index in [-0.39, 0.29) is 0 Å². The smallest absolute Gasteiger partial charge is 0.316 e. The van der Waals surface area contributed by atoms with E-state index in [4.69, 9.17) is 22.0 Å². The molecule has 4 nitrogen and oxygen atoms in total. The van der Waals surface area contributed by atoms with Crippen molar-refractivity contribution < 1.29 is 9.90 Å². The molecule has 0 aromatic carbocycles. The molecule has 0 saturated heterocycles. The van der Waals surface area contributed by atoms with Gasteiger partial charge in [0.05, 0.1) is 16.3 Å². The fraction of sp³-hybridized carbons (Fsp3) is 0.364. The lowest BCUT2D eigenvalue weighted by atomic mass is 10.1. The van der Waals surface area contributed by atoms with Crippen molar-refractivity contribution in [2.75, 3.05) is 0 Å². The largest absolute Gasteiger partial charge is 0.480 e. The Labute approximate surface area is 109 Å². The van der Waals surface area contributed by atoms with Crippen LogP contribution >= 0.6 is 23.4 Å². The lowest BCUT2D eigenvalue weighted by Crippen LogP contribution is -2.12. The predicted octanol–water partition coefficient (Wildman–Crippen LogP) is 2.79. The molecule has 0 bridgehead atoms. The SMILES string of the molecule is Cc1nc(S[C@H](C)C(=O)O)c(C#N)c(C)c1Cl. The van der Waals surface area contributed by atoms with Gasteiger partial charge in [-0.05, 0) is 26.3 Å². The zero-order valence-electron chi connectivity index (χ0n) is 9.61. The third-order valence-electron chi connectivity index (χ3n) is 2.25. The van der Waals surface area contributed by atoms with Crippen LogP contribution in [0.5, 0.6) is 0 Å². The molecular weight excluding hydrogens is 260 g/mol. The van der Waals surface area contributed by atoms with Crippen LogP contribution in [0.3, 0.4) is 0 Å². The van der Waals surface area contributed by atoms with Crippen LogP contribution in [0, 0.1) is 25.2 Å². The summed E-state index contributed by atoms with van der Waals surface area (Å²) in [6, 6.07) is 2.02. The highest BCUT2D eigenvalue weighted by Crippen LogP contribution is 2.31. The van der Waals surface area contributed by atoms with Crippen molar-refractivity contribution >= 4 is 29.3 Å². The van der Waals surface area contributed by atoms with E-state index in [0.717, 1.165) is 11.8 Å². The van der Waals surface area contributed by atoms with Gasteiger partial charge in [0.2, 0.25) is 0 Å². The molecule has 0 aliphatic heterocycles. The highest BCUT2D eigenvalue weighted by molar-refractivity contribution is 8.00. The number of halogens is 1. The Morgan fingerprint density at radius 1 is 1.59 bits per heavy atom. The van der Waals surface area contributed by atoms with E-state index in [1.165, 1.54) is 0 Å². The van der Waals surface area contributed by atoms with Crippen molar-refractivity contribution in [3.05, 3.63) is 21.8 Å². The first-order valence-corrected chi connectivity index (χ1v) is 6.10. The van der Waals surface area contributed by atoms with Crippen LogP contribution < -0.4 is 0 Å².